The number of aromatic nitrogens is 2. The second kappa shape index (κ2) is 8.65. The number of nitrogens with zero attached hydrogens (tertiary/aromatic N) is 2. The fourth-order valence-corrected chi connectivity index (χ4v) is 3.23. The van der Waals surface area contributed by atoms with Crippen LogP contribution in [0.25, 0.3) is 0 Å². The molecule has 0 aliphatic rings. The molecule has 8 heteroatoms. The van der Waals surface area contributed by atoms with Crippen molar-refractivity contribution in [1.29, 1.82) is 0 Å². The van der Waals surface area contributed by atoms with Gasteiger partial charge in [-0.15, -0.1) is 0 Å². The van der Waals surface area contributed by atoms with Crippen LogP contribution in [0.1, 0.15) is 22.8 Å². The highest BCUT2D eigenvalue weighted by molar-refractivity contribution is 6.36. The zero-order chi connectivity index (χ0) is 19.4. The molecule has 0 fully saturated rings. The van der Waals surface area contributed by atoms with Crippen LogP contribution in [0, 0.1) is 0 Å². The smallest absolute Gasteiger partial charge is 0.260 e. The lowest BCUT2D eigenvalue weighted by Gasteiger charge is -2.09. The Kier molecular flexibility index (Phi) is 6.26. The number of anilines is 1. The molecule has 1 heterocycles. The third-order valence-electron chi connectivity index (χ3n) is 3.76. The molecule has 3 rings (SSSR count). The summed E-state index contributed by atoms with van der Waals surface area (Å²) in [7, 11) is 0. The van der Waals surface area contributed by atoms with E-state index < -0.39 is 0 Å². The maximum atomic E-state index is 12.6. The van der Waals surface area contributed by atoms with Crippen molar-refractivity contribution >= 4 is 46.5 Å². The Bertz CT molecular complexity index is 952. The van der Waals surface area contributed by atoms with Gasteiger partial charge in [0, 0.05) is 21.8 Å². The number of nitrogens with one attached hydrogen (secondary N) is 1. The summed E-state index contributed by atoms with van der Waals surface area (Å²) in [6, 6.07) is 12.2. The van der Waals surface area contributed by atoms with E-state index in [2.05, 4.69) is 10.4 Å². The monoisotopic (exact) mass is 423 g/mol. The second-order valence-electron chi connectivity index (χ2n) is 5.61. The van der Waals surface area contributed by atoms with E-state index in [0.717, 1.165) is 5.56 Å². The first-order valence-corrected chi connectivity index (χ1v) is 9.32. The van der Waals surface area contributed by atoms with E-state index in [1.54, 1.807) is 53.3 Å². The summed E-state index contributed by atoms with van der Waals surface area (Å²) in [4.78, 5) is 12.6. The van der Waals surface area contributed by atoms with Crippen molar-refractivity contribution in [3.8, 4) is 5.75 Å². The molecule has 140 valence electrons. The molecule has 0 atom stereocenters. The summed E-state index contributed by atoms with van der Waals surface area (Å²) in [6.07, 6.45) is 1.60. The molecule has 27 heavy (non-hydrogen) atoms. The van der Waals surface area contributed by atoms with E-state index in [9.17, 15) is 4.79 Å². The minimum absolute atomic E-state index is 0.246. The van der Waals surface area contributed by atoms with Crippen LogP contribution in [0.15, 0.2) is 48.7 Å². The zero-order valence-electron chi connectivity index (χ0n) is 14.4. The molecule has 1 amide bonds. The molecule has 0 spiro atoms. The van der Waals surface area contributed by atoms with Gasteiger partial charge in [0.1, 0.15) is 10.8 Å². The van der Waals surface area contributed by atoms with E-state index in [1.807, 2.05) is 6.92 Å². The highest BCUT2D eigenvalue weighted by Gasteiger charge is 2.16. The molecule has 0 unspecified atom stereocenters. The minimum Gasteiger partial charge on any atom is -0.493 e. The van der Waals surface area contributed by atoms with E-state index in [-0.39, 0.29) is 11.7 Å². The van der Waals surface area contributed by atoms with Gasteiger partial charge in [-0.2, -0.15) is 5.10 Å². The van der Waals surface area contributed by atoms with Crippen LogP contribution >= 0.6 is 34.8 Å². The van der Waals surface area contributed by atoms with Crippen molar-refractivity contribution in [2.45, 2.75) is 13.5 Å². The van der Waals surface area contributed by atoms with Crippen molar-refractivity contribution in [2.24, 2.45) is 0 Å². The maximum Gasteiger partial charge on any atom is 0.260 e. The Morgan fingerprint density at radius 1 is 1.07 bits per heavy atom. The molecule has 0 saturated carbocycles. The third-order valence-corrected chi connectivity index (χ3v) is 4.75. The normalized spacial score (nSPS) is 10.7. The summed E-state index contributed by atoms with van der Waals surface area (Å²) in [5.74, 6) is 0.383. The van der Waals surface area contributed by atoms with Crippen LogP contribution in [0.2, 0.25) is 15.1 Å². The zero-order valence-corrected chi connectivity index (χ0v) is 16.6. The standard InChI is InChI=1S/C19H16Cl3N3O2/c1-2-27-17-9-4-3-6-12(17)19(26)23-18-16(22)11-25(24-18)10-13-14(20)7-5-8-15(13)21/h3-9,11H,2,10H2,1H3,(H,23,24,26). The Hall–Kier alpha value is -2.21. The summed E-state index contributed by atoms with van der Waals surface area (Å²) >= 11 is 18.6. The molecule has 5 nitrogen and oxygen atoms in total. The fourth-order valence-electron chi connectivity index (χ4n) is 2.52. The van der Waals surface area contributed by atoms with Gasteiger partial charge < -0.3 is 10.1 Å². The first-order valence-electron chi connectivity index (χ1n) is 8.18. The van der Waals surface area contributed by atoms with Crippen molar-refractivity contribution in [1.82, 2.24) is 9.78 Å². The lowest BCUT2D eigenvalue weighted by atomic mass is 10.2. The predicted octanol–water partition coefficient (Wildman–Crippen LogP) is 5.54. The Labute approximate surface area is 171 Å². The molecule has 0 bridgehead atoms. The first-order chi connectivity index (χ1) is 13.0. The number of benzene rings is 2. The van der Waals surface area contributed by atoms with E-state index in [0.29, 0.717) is 39.5 Å². The SMILES string of the molecule is CCOc1ccccc1C(=O)Nc1nn(Cc2c(Cl)cccc2Cl)cc1Cl. The number of halogens is 3. The molecule has 1 N–H and O–H groups in total. The molecular formula is C19H16Cl3N3O2. The molecule has 0 saturated heterocycles. The van der Waals surface area contributed by atoms with E-state index in [4.69, 9.17) is 39.5 Å². The number of amides is 1. The topological polar surface area (TPSA) is 56.1 Å². The van der Waals surface area contributed by atoms with Gasteiger partial charge >= 0.3 is 0 Å². The van der Waals surface area contributed by atoms with Gasteiger partial charge in [0.25, 0.3) is 5.91 Å². The number of rotatable bonds is 6. The van der Waals surface area contributed by atoms with E-state index in [1.165, 1.54) is 0 Å². The van der Waals surface area contributed by atoms with Crippen LogP contribution in [-0.4, -0.2) is 22.3 Å². The van der Waals surface area contributed by atoms with Crippen LogP contribution in [0.4, 0.5) is 5.82 Å². The van der Waals surface area contributed by atoms with Crippen LogP contribution < -0.4 is 10.1 Å². The number of carbonyl (C=O) groups is 1. The Morgan fingerprint density at radius 2 is 1.78 bits per heavy atom. The van der Waals surface area contributed by atoms with Crippen molar-refractivity contribution < 1.29 is 9.53 Å². The van der Waals surface area contributed by atoms with Crippen LogP contribution in [-0.2, 0) is 6.54 Å². The highest BCUT2D eigenvalue weighted by Crippen LogP contribution is 2.27. The number of ether oxygens (including phenoxy) is 1. The molecule has 2 aromatic carbocycles. The molecular weight excluding hydrogens is 409 g/mol. The van der Waals surface area contributed by atoms with Crippen molar-refractivity contribution in [2.75, 3.05) is 11.9 Å². The van der Waals surface area contributed by atoms with Gasteiger partial charge in [-0.25, -0.2) is 0 Å². The second-order valence-corrected chi connectivity index (χ2v) is 6.83. The molecule has 0 radical (unpaired) electrons. The highest BCUT2D eigenvalue weighted by atomic mass is 35.5. The van der Waals surface area contributed by atoms with Crippen molar-refractivity contribution in [3.63, 3.8) is 0 Å². The average Bonchev–Trinajstić information content (AvgIpc) is 2.98. The lowest BCUT2D eigenvalue weighted by molar-refractivity contribution is 0.102. The molecule has 3 aromatic rings. The summed E-state index contributed by atoms with van der Waals surface area (Å²) in [5, 5.41) is 8.41. The first kappa shape index (κ1) is 19.5. The van der Waals surface area contributed by atoms with Crippen molar-refractivity contribution in [3.05, 3.63) is 74.9 Å². The Balaban J connectivity index is 1.80. The van der Waals surface area contributed by atoms with Gasteiger partial charge in [0.15, 0.2) is 5.82 Å². The van der Waals surface area contributed by atoms with Gasteiger partial charge in [0.05, 0.1) is 18.7 Å². The minimum atomic E-state index is -0.359. The van der Waals surface area contributed by atoms with Gasteiger partial charge in [-0.1, -0.05) is 53.0 Å². The molecule has 0 aliphatic carbocycles. The maximum absolute atomic E-state index is 12.6. The lowest BCUT2D eigenvalue weighted by Crippen LogP contribution is -2.14. The number of hydrogen-bond donors (Lipinski definition) is 1. The number of para-hydroxylation sites is 1. The number of hydrogen-bond acceptors (Lipinski definition) is 3. The van der Waals surface area contributed by atoms with Crippen LogP contribution in [0.3, 0.4) is 0 Å². The molecule has 0 aliphatic heterocycles. The summed E-state index contributed by atoms with van der Waals surface area (Å²) in [6.45, 7) is 2.63. The van der Waals surface area contributed by atoms with Gasteiger partial charge in [-0.3, -0.25) is 9.48 Å². The molecule has 1 aromatic heterocycles. The summed E-state index contributed by atoms with van der Waals surface area (Å²) < 4.78 is 7.06. The van der Waals surface area contributed by atoms with Gasteiger partial charge in [0.2, 0.25) is 0 Å². The van der Waals surface area contributed by atoms with E-state index >= 15 is 0 Å². The van der Waals surface area contributed by atoms with Gasteiger partial charge in [-0.05, 0) is 31.2 Å². The summed E-state index contributed by atoms with van der Waals surface area (Å²) in [5.41, 5.74) is 1.12. The quantitative estimate of drug-likeness (QED) is 0.565. The Morgan fingerprint density at radius 3 is 2.48 bits per heavy atom. The average molecular weight is 425 g/mol. The number of carbonyl (C=O) groups excluding carboxylic acids is 1. The van der Waals surface area contributed by atoms with Crippen LogP contribution in [0.5, 0.6) is 5.75 Å². The third kappa shape index (κ3) is 4.56. The largest absolute Gasteiger partial charge is 0.493 e. The predicted molar refractivity (Wildman–Crippen MR) is 108 cm³/mol. The fraction of sp³-hybridized carbons (Fsp3) is 0.158.